The third-order valence-corrected chi connectivity index (χ3v) is 4.21. The van der Waals surface area contributed by atoms with Gasteiger partial charge in [-0.2, -0.15) is 0 Å². The third kappa shape index (κ3) is 3.47. The summed E-state index contributed by atoms with van der Waals surface area (Å²) in [6, 6.07) is 7.80. The first kappa shape index (κ1) is 15.0. The lowest BCUT2D eigenvalue weighted by Gasteiger charge is -2.32. The van der Waals surface area contributed by atoms with Crippen LogP contribution in [0.1, 0.15) is 26.7 Å². The fourth-order valence-corrected chi connectivity index (χ4v) is 3.12. The molecule has 0 spiro atoms. The Morgan fingerprint density at radius 1 is 1.36 bits per heavy atom. The number of piperidine rings is 1. The normalized spacial score (nSPS) is 17.2. The summed E-state index contributed by atoms with van der Waals surface area (Å²) < 4.78 is 0. The Balaban J connectivity index is 1.56. The third-order valence-electron chi connectivity index (χ3n) is 4.21. The van der Waals surface area contributed by atoms with Gasteiger partial charge in [0.2, 0.25) is 11.9 Å². The van der Waals surface area contributed by atoms with E-state index in [-0.39, 0.29) is 11.8 Å². The highest BCUT2D eigenvalue weighted by Gasteiger charge is 2.25. The van der Waals surface area contributed by atoms with Crippen molar-refractivity contribution in [3.63, 3.8) is 0 Å². The van der Waals surface area contributed by atoms with Crippen LogP contribution in [0.4, 0.5) is 5.95 Å². The molecule has 118 valence electrons. The maximum atomic E-state index is 12.4. The molecule has 0 bridgehead atoms. The Morgan fingerprint density at radius 2 is 2.09 bits per heavy atom. The van der Waals surface area contributed by atoms with E-state index in [1.807, 2.05) is 24.3 Å². The molecule has 1 fully saturated rings. The van der Waals surface area contributed by atoms with Crippen LogP contribution in [-0.4, -0.2) is 40.4 Å². The van der Waals surface area contributed by atoms with Gasteiger partial charge >= 0.3 is 0 Å². The summed E-state index contributed by atoms with van der Waals surface area (Å²) in [4.78, 5) is 22.4. The van der Waals surface area contributed by atoms with Crippen LogP contribution >= 0.6 is 0 Å². The molecule has 2 N–H and O–H groups in total. The zero-order chi connectivity index (χ0) is 15.5. The number of hydrogen-bond acceptors (Lipinski definition) is 3. The second-order valence-corrected chi connectivity index (χ2v) is 6.56. The highest BCUT2D eigenvalue weighted by Crippen LogP contribution is 2.20. The van der Waals surface area contributed by atoms with Crippen LogP contribution in [0.2, 0.25) is 0 Å². The van der Waals surface area contributed by atoms with Gasteiger partial charge in [0.1, 0.15) is 0 Å². The van der Waals surface area contributed by atoms with Gasteiger partial charge in [-0.15, -0.1) is 0 Å². The Morgan fingerprint density at radius 3 is 2.77 bits per heavy atom. The minimum atomic E-state index is 0.0863. The monoisotopic (exact) mass is 300 g/mol. The molecule has 1 aromatic heterocycles. The average molecular weight is 300 g/mol. The van der Waals surface area contributed by atoms with Crippen molar-refractivity contribution in [3.8, 4) is 0 Å². The van der Waals surface area contributed by atoms with Crippen LogP contribution < -0.4 is 5.32 Å². The molecule has 1 saturated heterocycles. The average Bonchev–Trinajstić information content (AvgIpc) is 2.89. The standard InChI is InChI=1S/C17H24N4O/c1-12(2)11-21-9-7-13(8-10-21)16(22)20-17-18-14-5-3-4-6-15(14)19-17/h3-6,12-13H,7-11H2,1-2H3,(H2,18,19,20,22). The van der Waals surface area contributed by atoms with Crippen LogP contribution in [-0.2, 0) is 4.79 Å². The predicted molar refractivity (Wildman–Crippen MR) is 88.7 cm³/mol. The molecule has 1 aliphatic heterocycles. The molecule has 0 aliphatic carbocycles. The van der Waals surface area contributed by atoms with Crippen molar-refractivity contribution in [2.45, 2.75) is 26.7 Å². The number of hydrogen-bond donors (Lipinski definition) is 2. The van der Waals surface area contributed by atoms with Gasteiger partial charge in [0.25, 0.3) is 0 Å². The maximum absolute atomic E-state index is 12.4. The van der Waals surface area contributed by atoms with Crippen LogP contribution in [0.25, 0.3) is 11.0 Å². The number of aromatic amines is 1. The van der Waals surface area contributed by atoms with Crippen molar-refractivity contribution in [1.82, 2.24) is 14.9 Å². The molecule has 22 heavy (non-hydrogen) atoms. The maximum Gasteiger partial charge on any atom is 0.229 e. The van der Waals surface area contributed by atoms with E-state index in [0.717, 1.165) is 43.5 Å². The largest absolute Gasteiger partial charge is 0.324 e. The number of likely N-dealkylation sites (tertiary alicyclic amines) is 1. The van der Waals surface area contributed by atoms with Crippen molar-refractivity contribution in [2.75, 3.05) is 25.0 Å². The lowest BCUT2D eigenvalue weighted by Crippen LogP contribution is -2.39. The van der Waals surface area contributed by atoms with E-state index in [0.29, 0.717) is 11.9 Å². The first-order chi connectivity index (χ1) is 10.6. The van der Waals surface area contributed by atoms with Gasteiger partial charge in [-0.05, 0) is 44.0 Å². The SMILES string of the molecule is CC(C)CN1CCC(C(=O)Nc2nc3ccccc3[nH]2)CC1. The summed E-state index contributed by atoms with van der Waals surface area (Å²) in [6.07, 6.45) is 1.86. The Labute approximate surface area is 131 Å². The molecule has 0 unspecified atom stereocenters. The summed E-state index contributed by atoms with van der Waals surface area (Å²) >= 11 is 0. The van der Waals surface area contributed by atoms with E-state index in [9.17, 15) is 4.79 Å². The molecule has 0 radical (unpaired) electrons. The van der Waals surface area contributed by atoms with Crippen molar-refractivity contribution in [3.05, 3.63) is 24.3 Å². The quantitative estimate of drug-likeness (QED) is 0.912. The number of imidazole rings is 1. The smallest absolute Gasteiger partial charge is 0.229 e. The number of nitrogens with zero attached hydrogens (tertiary/aromatic N) is 2. The molecule has 1 aliphatic rings. The molecule has 1 amide bonds. The summed E-state index contributed by atoms with van der Waals surface area (Å²) in [5.41, 5.74) is 1.83. The van der Waals surface area contributed by atoms with E-state index in [2.05, 4.69) is 34.0 Å². The molecule has 5 heteroatoms. The van der Waals surface area contributed by atoms with Crippen molar-refractivity contribution >= 4 is 22.9 Å². The van der Waals surface area contributed by atoms with Crippen molar-refractivity contribution < 1.29 is 4.79 Å². The van der Waals surface area contributed by atoms with E-state index in [4.69, 9.17) is 0 Å². The summed E-state index contributed by atoms with van der Waals surface area (Å²) in [6.45, 7) is 7.62. The van der Waals surface area contributed by atoms with Crippen LogP contribution in [0.5, 0.6) is 0 Å². The lowest BCUT2D eigenvalue weighted by atomic mass is 9.95. The fraction of sp³-hybridized carbons (Fsp3) is 0.529. The Kier molecular flexibility index (Phi) is 4.43. The Hall–Kier alpha value is -1.88. The number of amides is 1. The molecule has 2 aromatic rings. The van der Waals surface area contributed by atoms with Crippen molar-refractivity contribution in [2.24, 2.45) is 11.8 Å². The first-order valence-corrected chi connectivity index (χ1v) is 8.10. The molecule has 2 heterocycles. The number of rotatable bonds is 4. The zero-order valence-electron chi connectivity index (χ0n) is 13.3. The van der Waals surface area contributed by atoms with Gasteiger partial charge in [-0.3, -0.25) is 10.1 Å². The number of nitrogens with one attached hydrogen (secondary N) is 2. The van der Waals surface area contributed by atoms with E-state index >= 15 is 0 Å². The van der Waals surface area contributed by atoms with Gasteiger partial charge < -0.3 is 9.88 Å². The number of carbonyl (C=O) groups is 1. The molecule has 0 saturated carbocycles. The Bertz CT molecular complexity index is 608. The van der Waals surface area contributed by atoms with Crippen LogP contribution in [0.3, 0.4) is 0 Å². The summed E-state index contributed by atoms with van der Waals surface area (Å²) in [5.74, 6) is 1.41. The highest BCUT2D eigenvalue weighted by atomic mass is 16.2. The van der Waals surface area contributed by atoms with Crippen LogP contribution in [0, 0.1) is 11.8 Å². The number of H-pyrrole nitrogens is 1. The number of carbonyl (C=O) groups excluding carboxylic acids is 1. The number of anilines is 1. The summed E-state index contributed by atoms with van der Waals surface area (Å²) in [7, 11) is 0. The van der Waals surface area contributed by atoms with E-state index < -0.39 is 0 Å². The molecular weight excluding hydrogens is 276 g/mol. The van der Waals surface area contributed by atoms with Gasteiger partial charge in [0.05, 0.1) is 11.0 Å². The number of fused-ring (bicyclic) bond motifs is 1. The zero-order valence-corrected chi connectivity index (χ0v) is 13.3. The molecule has 1 aromatic carbocycles. The minimum absolute atomic E-state index is 0.0863. The molecule has 0 atom stereocenters. The number of aromatic nitrogens is 2. The summed E-state index contributed by atoms with van der Waals surface area (Å²) in [5, 5.41) is 2.93. The van der Waals surface area contributed by atoms with Gasteiger partial charge in [0.15, 0.2) is 0 Å². The topological polar surface area (TPSA) is 61.0 Å². The van der Waals surface area contributed by atoms with Gasteiger partial charge in [-0.1, -0.05) is 26.0 Å². The first-order valence-electron chi connectivity index (χ1n) is 8.10. The lowest BCUT2D eigenvalue weighted by molar-refractivity contribution is -0.121. The van der Waals surface area contributed by atoms with E-state index in [1.54, 1.807) is 0 Å². The molecular formula is C17H24N4O. The number of benzene rings is 1. The highest BCUT2D eigenvalue weighted by molar-refractivity contribution is 5.92. The molecule has 5 nitrogen and oxygen atoms in total. The second-order valence-electron chi connectivity index (χ2n) is 6.56. The fourth-order valence-electron chi connectivity index (χ4n) is 3.12. The molecule has 3 rings (SSSR count). The number of para-hydroxylation sites is 2. The van der Waals surface area contributed by atoms with E-state index in [1.165, 1.54) is 0 Å². The second kappa shape index (κ2) is 6.48. The predicted octanol–water partition coefficient (Wildman–Crippen LogP) is 2.87. The van der Waals surface area contributed by atoms with Crippen LogP contribution in [0.15, 0.2) is 24.3 Å². The van der Waals surface area contributed by atoms with Gasteiger partial charge in [0, 0.05) is 12.5 Å². The van der Waals surface area contributed by atoms with Crippen molar-refractivity contribution in [1.29, 1.82) is 0 Å². The minimum Gasteiger partial charge on any atom is -0.324 e. The van der Waals surface area contributed by atoms with Gasteiger partial charge in [-0.25, -0.2) is 4.98 Å².